The molecule has 0 saturated carbocycles. The minimum absolute atomic E-state index is 0.0108. The molecule has 1 aromatic rings. The Kier molecular flexibility index (Phi) is 3.87. The maximum absolute atomic E-state index is 11.3. The molecule has 0 radical (unpaired) electrons. The lowest BCUT2D eigenvalue weighted by atomic mass is 10.3. The van der Waals surface area contributed by atoms with E-state index in [-0.39, 0.29) is 4.90 Å². The van der Waals surface area contributed by atoms with Crippen molar-refractivity contribution < 1.29 is 13.2 Å². The van der Waals surface area contributed by atoms with E-state index in [1.54, 1.807) is 6.92 Å². The predicted octanol–water partition coefficient (Wildman–Crippen LogP) is 0.989. The number of primary sulfonamides is 1. The van der Waals surface area contributed by atoms with Crippen LogP contribution in [0.2, 0.25) is 0 Å². The molecule has 2 amide bonds. The average Bonchev–Trinajstić information content (AvgIpc) is 2.15. The Bertz CT molecular complexity index is 534. The van der Waals surface area contributed by atoms with Crippen LogP contribution < -0.4 is 15.8 Å². The quantitative estimate of drug-likeness (QED) is 0.750. The van der Waals surface area contributed by atoms with Crippen LogP contribution in [0, 0.1) is 0 Å². The fourth-order valence-corrected chi connectivity index (χ4v) is 1.60. The maximum Gasteiger partial charge on any atom is 0.323 e. The van der Waals surface area contributed by atoms with Crippen molar-refractivity contribution in [3.63, 3.8) is 0 Å². The monoisotopic (exact) mass is 255 g/mol. The van der Waals surface area contributed by atoms with Gasteiger partial charge in [0, 0.05) is 11.4 Å². The predicted molar refractivity (Wildman–Crippen MR) is 64.8 cm³/mol. The second-order valence-corrected chi connectivity index (χ2v) is 4.99. The largest absolute Gasteiger partial charge is 0.323 e. The van der Waals surface area contributed by atoms with Gasteiger partial charge in [-0.2, -0.15) is 0 Å². The maximum atomic E-state index is 11.3. The van der Waals surface area contributed by atoms with Crippen LogP contribution in [-0.4, -0.2) is 14.4 Å². The van der Waals surface area contributed by atoms with Crippen molar-refractivity contribution in [1.29, 1.82) is 0 Å². The molecule has 6 nitrogen and oxygen atoms in total. The van der Waals surface area contributed by atoms with Gasteiger partial charge in [0.1, 0.15) is 0 Å². The van der Waals surface area contributed by atoms with Crippen LogP contribution in [0.1, 0.15) is 6.92 Å². The number of rotatable bonds is 3. The van der Waals surface area contributed by atoms with Gasteiger partial charge < -0.3 is 10.6 Å². The van der Waals surface area contributed by atoms with Gasteiger partial charge in [0.25, 0.3) is 0 Å². The number of anilines is 1. The summed E-state index contributed by atoms with van der Waals surface area (Å²) >= 11 is 0. The van der Waals surface area contributed by atoms with Crippen LogP contribution in [-0.2, 0) is 10.0 Å². The highest BCUT2D eigenvalue weighted by Crippen LogP contribution is 2.12. The fraction of sp³-hybridized carbons (Fsp3) is 0.100. The van der Waals surface area contributed by atoms with E-state index in [1.165, 1.54) is 24.3 Å². The van der Waals surface area contributed by atoms with E-state index in [4.69, 9.17) is 5.14 Å². The number of nitrogens with one attached hydrogen (secondary N) is 2. The summed E-state index contributed by atoms with van der Waals surface area (Å²) in [5.41, 5.74) is 0.958. The van der Waals surface area contributed by atoms with E-state index in [1.807, 2.05) is 0 Å². The Labute approximate surface area is 99.6 Å². The standard InChI is InChI=1S/C10H13N3O3S/c1-7(2)12-10(14)13-8-3-5-9(6-4-8)17(11,15)16/h3-6H,1H2,2H3,(H2,11,15,16)(H2,12,13,14). The molecule has 7 heteroatoms. The molecule has 92 valence electrons. The van der Waals surface area contributed by atoms with E-state index >= 15 is 0 Å². The van der Waals surface area contributed by atoms with Gasteiger partial charge in [-0.05, 0) is 31.2 Å². The number of sulfonamides is 1. The minimum Gasteiger partial charge on any atom is -0.312 e. The number of benzene rings is 1. The molecule has 0 heterocycles. The van der Waals surface area contributed by atoms with Crippen LogP contribution in [0.25, 0.3) is 0 Å². The Morgan fingerprint density at radius 3 is 2.24 bits per heavy atom. The first-order chi connectivity index (χ1) is 7.79. The van der Waals surface area contributed by atoms with E-state index < -0.39 is 16.1 Å². The summed E-state index contributed by atoms with van der Waals surface area (Å²) in [5.74, 6) is 0. The van der Waals surface area contributed by atoms with E-state index in [0.29, 0.717) is 11.4 Å². The molecule has 0 fully saturated rings. The van der Waals surface area contributed by atoms with Gasteiger partial charge in [-0.15, -0.1) is 0 Å². The molecule has 1 aromatic carbocycles. The zero-order valence-corrected chi connectivity index (χ0v) is 10.0. The lowest BCUT2D eigenvalue weighted by Crippen LogP contribution is -2.26. The van der Waals surface area contributed by atoms with Gasteiger partial charge in [-0.1, -0.05) is 6.58 Å². The SMILES string of the molecule is C=C(C)NC(=O)Nc1ccc(S(N)(=O)=O)cc1. The normalized spacial score (nSPS) is 10.7. The van der Waals surface area contributed by atoms with E-state index in [0.717, 1.165) is 0 Å². The summed E-state index contributed by atoms with van der Waals surface area (Å²) in [5, 5.41) is 9.89. The van der Waals surface area contributed by atoms with Crippen molar-refractivity contribution in [2.75, 3.05) is 5.32 Å². The van der Waals surface area contributed by atoms with Gasteiger partial charge in [-0.25, -0.2) is 18.4 Å². The molecule has 0 bridgehead atoms. The molecule has 17 heavy (non-hydrogen) atoms. The number of urea groups is 1. The Balaban J connectivity index is 2.76. The summed E-state index contributed by atoms with van der Waals surface area (Å²) in [6.45, 7) is 5.16. The molecule has 1 rings (SSSR count). The summed E-state index contributed by atoms with van der Waals surface area (Å²) in [7, 11) is -3.71. The van der Waals surface area contributed by atoms with Crippen LogP contribution >= 0.6 is 0 Å². The van der Waals surface area contributed by atoms with Crippen molar-refractivity contribution in [3.8, 4) is 0 Å². The highest BCUT2D eigenvalue weighted by Gasteiger charge is 2.07. The van der Waals surface area contributed by atoms with Gasteiger partial charge in [0.2, 0.25) is 10.0 Å². The van der Waals surface area contributed by atoms with Crippen LogP contribution in [0.4, 0.5) is 10.5 Å². The third kappa shape index (κ3) is 4.25. The molecule has 0 aliphatic rings. The molecule has 0 saturated heterocycles. The van der Waals surface area contributed by atoms with Crippen molar-refractivity contribution in [3.05, 3.63) is 36.5 Å². The van der Waals surface area contributed by atoms with Crippen molar-refractivity contribution in [2.45, 2.75) is 11.8 Å². The first-order valence-corrected chi connectivity index (χ1v) is 6.20. The Morgan fingerprint density at radius 2 is 1.82 bits per heavy atom. The zero-order chi connectivity index (χ0) is 13.1. The highest BCUT2D eigenvalue weighted by atomic mass is 32.2. The number of carbonyl (C=O) groups excluding carboxylic acids is 1. The molecule has 0 atom stereocenters. The van der Waals surface area contributed by atoms with E-state index in [9.17, 15) is 13.2 Å². The second kappa shape index (κ2) is 4.98. The molecular weight excluding hydrogens is 242 g/mol. The first kappa shape index (κ1) is 13.2. The summed E-state index contributed by atoms with van der Waals surface area (Å²) < 4.78 is 22.0. The van der Waals surface area contributed by atoms with Gasteiger partial charge in [0.05, 0.1) is 4.90 Å². The first-order valence-electron chi connectivity index (χ1n) is 4.65. The number of carbonyl (C=O) groups is 1. The smallest absolute Gasteiger partial charge is 0.312 e. The van der Waals surface area contributed by atoms with Crippen LogP contribution in [0.15, 0.2) is 41.4 Å². The van der Waals surface area contributed by atoms with Crippen LogP contribution in [0.3, 0.4) is 0 Å². The van der Waals surface area contributed by atoms with Crippen molar-refractivity contribution in [1.82, 2.24) is 5.32 Å². The molecule has 0 spiro atoms. The highest BCUT2D eigenvalue weighted by molar-refractivity contribution is 7.89. The van der Waals surface area contributed by atoms with Gasteiger partial charge in [0.15, 0.2) is 0 Å². The number of allylic oxidation sites excluding steroid dienone is 1. The average molecular weight is 255 g/mol. The van der Waals surface area contributed by atoms with Crippen molar-refractivity contribution >= 4 is 21.7 Å². The Hall–Kier alpha value is -1.86. The van der Waals surface area contributed by atoms with Gasteiger partial charge >= 0.3 is 6.03 Å². The molecular formula is C10H13N3O3S. The number of hydrogen-bond acceptors (Lipinski definition) is 3. The lowest BCUT2D eigenvalue weighted by Gasteiger charge is -2.07. The molecule has 0 aliphatic heterocycles. The topological polar surface area (TPSA) is 101 Å². The third-order valence-electron chi connectivity index (χ3n) is 1.77. The minimum atomic E-state index is -3.71. The molecule has 4 N–H and O–H groups in total. The van der Waals surface area contributed by atoms with Crippen LogP contribution in [0.5, 0.6) is 0 Å². The fourth-order valence-electron chi connectivity index (χ4n) is 1.08. The molecule has 0 unspecified atom stereocenters. The molecule has 0 aliphatic carbocycles. The van der Waals surface area contributed by atoms with Gasteiger partial charge in [-0.3, -0.25) is 0 Å². The lowest BCUT2D eigenvalue weighted by molar-refractivity contribution is 0.254. The van der Waals surface area contributed by atoms with E-state index in [2.05, 4.69) is 17.2 Å². The number of hydrogen-bond donors (Lipinski definition) is 3. The second-order valence-electron chi connectivity index (χ2n) is 3.43. The van der Waals surface area contributed by atoms with Crippen molar-refractivity contribution in [2.24, 2.45) is 5.14 Å². The summed E-state index contributed by atoms with van der Waals surface area (Å²) in [6, 6.07) is 5.06. The number of amides is 2. The Morgan fingerprint density at radius 1 is 1.29 bits per heavy atom. The number of nitrogens with two attached hydrogens (primary N) is 1. The summed E-state index contributed by atoms with van der Waals surface area (Å²) in [4.78, 5) is 11.3. The zero-order valence-electron chi connectivity index (χ0n) is 9.23. The third-order valence-corrected chi connectivity index (χ3v) is 2.70. The molecule has 0 aromatic heterocycles. The summed E-state index contributed by atoms with van der Waals surface area (Å²) in [6.07, 6.45) is 0.